The van der Waals surface area contributed by atoms with Gasteiger partial charge in [-0.15, -0.1) is 41.4 Å². The molecular weight excluding hydrogens is 772 g/mol. The number of anilines is 3. The molecule has 6 heteroatoms. The monoisotopic (exact) mass is 810 g/mol. The molecule has 0 saturated heterocycles. The Bertz CT molecular complexity index is 2120. The minimum Gasteiger partial charge on any atom is -0.509 e. The number of nitrogens with zero attached hydrogens (tertiary/aromatic N) is 4. The summed E-state index contributed by atoms with van der Waals surface area (Å²) in [7, 11) is 0. The minimum atomic E-state index is 0. The summed E-state index contributed by atoms with van der Waals surface area (Å²) >= 11 is 0. The van der Waals surface area contributed by atoms with Crippen molar-refractivity contribution in [2.24, 2.45) is 5.92 Å². The summed E-state index contributed by atoms with van der Waals surface area (Å²) in [5.41, 5.74) is 6.97. The van der Waals surface area contributed by atoms with E-state index in [2.05, 4.69) is 133 Å². The zero-order valence-corrected chi connectivity index (χ0v) is 29.9. The molecule has 48 heavy (non-hydrogen) atoms. The normalized spacial score (nSPS) is 20.3. The van der Waals surface area contributed by atoms with Gasteiger partial charge in [0.15, 0.2) is 0 Å². The number of hydrogen-bond donors (Lipinski definition) is 0. The molecule has 4 aliphatic rings. The van der Waals surface area contributed by atoms with Crippen LogP contribution in [0.1, 0.15) is 64.9 Å². The molecule has 2 aromatic heterocycles. The van der Waals surface area contributed by atoms with Crippen LogP contribution in [0.5, 0.6) is 11.5 Å². The van der Waals surface area contributed by atoms with Crippen LogP contribution in [0.4, 0.5) is 17.1 Å². The second kappa shape index (κ2) is 11.8. The van der Waals surface area contributed by atoms with Gasteiger partial charge < -0.3 is 19.1 Å². The number of aromatic nitrogens is 2. The van der Waals surface area contributed by atoms with Crippen LogP contribution in [0.3, 0.4) is 0 Å². The Morgan fingerprint density at radius 1 is 0.792 bits per heavy atom. The van der Waals surface area contributed by atoms with Crippen LogP contribution in [-0.4, -0.2) is 15.1 Å². The Morgan fingerprint density at radius 2 is 1.52 bits per heavy atom. The van der Waals surface area contributed by atoms with Gasteiger partial charge in [0.1, 0.15) is 5.82 Å². The molecule has 3 fully saturated rings. The Hall–Kier alpha value is -4.08. The fraction of sp³-hybridized carbons (Fsp3) is 0.286. The third-order valence-electron chi connectivity index (χ3n) is 10.8. The Balaban J connectivity index is 0.00000336. The largest absolute Gasteiger partial charge is 0.509 e. The number of pyridine rings is 1. The predicted molar refractivity (Wildman–Crippen MR) is 191 cm³/mol. The molecule has 3 heterocycles. The second-order valence-corrected chi connectivity index (χ2v) is 14.6. The molecule has 3 aliphatic carbocycles. The Labute approximate surface area is 297 Å². The van der Waals surface area contributed by atoms with Crippen LogP contribution >= 0.6 is 0 Å². The van der Waals surface area contributed by atoms with Crippen LogP contribution in [0.25, 0.3) is 27.6 Å². The van der Waals surface area contributed by atoms with E-state index >= 15 is 0 Å². The molecule has 246 valence electrons. The first-order valence-electron chi connectivity index (χ1n) is 17.0. The number of fused-ring (bicyclic) bond motifs is 7. The maximum atomic E-state index is 6.53. The van der Waals surface area contributed by atoms with E-state index in [-0.39, 0.29) is 32.0 Å². The summed E-state index contributed by atoms with van der Waals surface area (Å²) in [4.78, 5) is 9.69. The Kier molecular flexibility index (Phi) is 7.68. The summed E-state index contributed by atoms with van der Waals surface area (Å²) in [5, 5.41) is 2.29. The van der Waals surface area contributed by atoms with E-state index in [1.807, 2.05) is 18.3 Å². The number of hydrogen-bond acceptors (Lipinski definition) is 4. The zero-order chi connectivity index (χ0) is 31.8. The van der Waals surface area contributed by atoms with Crippen LogP contribution < -0.4 is 14.5 Å². The van der Waals surface area contributed by atoms with Gasteiger partial charge in [0.25, 0.3) is 0 Å². The molecule has 0 radical (unpaired) electrons. The third-order valence-corrected chi connectivity index (χ3v) is 10.8. The molecule has 0 amide bonds. The fourth-order valence-electron chi connectivity index (χ4n) is 8.20. The summed E-state index contributed by atoms with van der Waals surface area (Å²) < 4.78 is 8.74. The van der Waals surface area contributed by atoms with Gasteiger partial charge in [-0.25, -0.2) is 4.98 Å². The number of ether oxygens (including phenoxy) is 1. The molecule has 10 rings (SSSR count). The fourth-order valence-corrected chi connectivity index (χ4v) is 8.20. The molecule has 0 unspecified atom stereocenters. The molecule has 0 atom stereocenters. The third kappa shape index (κ3) is 5.13. The predicted octanol–water partition coefficient (Wildman–Crippen LogP) is 10.7. The summed E-state index contributed by atoms with van der Waals surface area (Å²) in [5.74, 6) is 3.11. The molecule has 1 aliphatic heterocycles. The van der Waals surface area contributed by atoms with E-state index in [1.165, 1.54) is 60.8 Å². The molecule has 0 spiro atoms. The van der Waals surface area contributed by atoms with Gasteiger partial charge >= 0.3 is 0 Å². The maximum Gasteiger partial charge on any atom is 0.135 e. The van der Waals surface area contributed by atoms with Crippen molar-refractivity contribution in [1.29, 1.82) is 0 Å². The first-order valence-corrected chi connectivity index (χ1v) is 17.0. The summed E-state index contributed by atoms with van der Waals surface area (Å²) in [6, 6.07) is 39.1. The first kappa shape index (κ1) is 31.2. The van der Waals surface area contributed by atoms with Gasteiger partial charge in [-0.05, 0) is 91.1 Å². The quantitative estimate of drug-likeness (QED) is 0.162. The van der Waals surface area contributed by atoms with E-state index in [9.17, 15) is 0 Å². The minimum absolute atomic E-state index is 0. The smallest absolute Gasteiger partial charge is 0.135 e. The van der Waals surface area contributed by atoms with Crippen molar-refractivity contribution in [2.45, 2.75) is 70.3 Å². The van der Waals surface area contributed by atoms with Crippen LogP contribution in [0.2, 0.25) is 0 Å². The van der Waals surface area contributed by atoms with Crippen molar-refractivity contribution in [3.8, 4) is 17.3 Å². The standard InChI is InChI=1S/C42H39N4O.Pt/c1-41(2,3)30-20-24-43-40(25-30)46-36-12-5-4-11-34(36)35-16-15-33(27-39(35)46)47-32-10-8-9-31(26-32)44-28-45(38-14-7-6-13-37(38)44)42-21-17-29(18-22-42)19-23-42;/h4-16,20,24-25,28-29H,17-19,21-23H2,1-3H3;/q-3;. The first-order chi connectivity index (χ1) is 22.9. The molecule has 5 nitrogen and oxygen atoms in total. The number of rotatable bonds is 5. The zero-order valence-electron chi connectivity index (χ0n) is 27.6. The van der Waals surface area contributed by atoms with Crippen molar-refractivity contribution in [3.63, 3.8) is 0 Å². The SMILES string of the molecule is CC(C)(C)c1ccnc(-n2c3[c-]c(Oc4[c-]c(N5[CH-]N(C67CCC(CC6)CC7)c6ccccc65)ccc4)ccc3c3ccccc32)c1.[Pt]. The molecule has 3 saturated carbocycles. The van der Waals surface area contributed by atoms with Crippen LogP contribution in [0.15, 0.2) is 97.2 Å². The van der Waals surface area contributed by atoms with E-state index in [1.54, 1.807) is 0 Å². The van der Waals surface area contributed by atoms with E-state index in [0.717, 1.165) is 33.8 Å². The van der Waals surface area contributed by atoms with Gasteiger partial charge in [-0.1, -0.05) is 56.6 Å². The molecule has 4 aromatic carbocycles. The van der Waals surface area contributed by atoms with E-state index < -0.39 is 0 Å². The van der Waals surface area contributed by atoms with Crippen LogP contribution in [0, 0.1) is 24.7 Å². The molecule has 2 bridgehead atoms. The van der Waals surface area contributed by atoms with Gasteiger partial charge in [0.05, 0.1) is 0 Å². The average Bonchev–Trinajstić information content (AvgIpc) is 3.66. The van der Waals surface area contributed by atoms with Crippen molar-refractivity contribution in [3.05, 3.63) is 122 Å². The van der Waals surface area contributed by atoms with Crippen molar-refractivity contribution < 1.29 is 25.8 Å². The average molecular weight is 811 g/mol. The molecule has 6 aromatic rings. The van der Waals surface area contributed by atoms with Crippen molar-refractivity contribution >= 4 is 38.9 Å². The van der Waals surface area contributed by atoms with Gasteiger partial charge in [-0.2, -0.15) is 18.8 Å². The number of para-hydroxylation sites is 3. The number of benzene rings is 4. The van der Waals surface area contributed by atoms with E-state index in [0.29, 0.717) is 11.5 Å². The Morgan fingerprint density at radius 3 is 2.31 bits per heavy atom. The van der Waals surface area contributed by atoms with Crippen LogP contribution in [-0.2, 0) is 26.5 Å². The molecular formula is C42H39N4OPt-3. The maximum absolute atomic E-state index is 6.53. The summed E-state index contributed by atoms with van der Waals surface area (Å²) in [6.07, 6.45) is 9.77. The topological polar surface area (TPSA) is 33.5 Å². The second-order valence-electron chi connectivity index (χ2n) is 14.6. The summed E-state index contributed by atoms with van der Waals surface area (Å²) in [6.45, 7) is 9.02. The van der Waals surface area contributed by atoms with E-state index in [4.69, 9.17) is 9.72 Å². The van der Waals surface area contributed by atoms with Gasteiger partial charge in [0.2, 0.25) is 0 Å². The van der Waals surface area contributed by atoms with Gasteiger partial charge in [-0.3, -0.25) is 0 Å². The molecule has 0 N–H and O–H groups in total. The van der Waals surface area contributed by atoms with Crippen molar-refractivity contribution in [1.82, 2.24) is 9.55 Å². The van der Waals surface area contributed by atoms with Crippen molar-refractivity contribution in [2.75, 3.05) is 9.80 Å². The van der Waals surface area contributed by atoms with Gasteiger partial charge in [0, 0.05) is 61.2 Å².